The Bertz CT molecular complexity index is 590. The molecule has 2 saturated carbocycles. The molecule has 2 aliphatic carbocycles. The molecule has 0 aromatic heterocycles. The lowest BCUT2D eigenvalue weighted by Gasteiger charge is -2.25. The Labute approximate surface area is 127 Å². The van der Waals surface area contributed by atoms with Crippen LogP contribution in [0.15, 0.2) is 29.2 Å². The molecule has 0 unspecified atom stereocenters. The predicted molar refractivity (Wildman–Crippen MR) is 83.5 cm³/mol. The van der Waals surface area contributed by atoms with Crippen LogP contribution in [0, 0.1) is 0 Å². The first-order chi connectivity index (χ1) is 10.1. The van der Waals surface area contributed by atoms with Crippen molar-refractivity contribution in [2.24, 2.45) is 0 Å². The van der Waals surface area contributed by atoms with Gasteiger partial charge in [-0.25, -0.2) is 8.42 Å². The number of nitrogens with one attached hydrogen (secondary N) is 1. The first-order valence-electron chi connectivity index (χ1n) is 7.88. The van der Waals surface area contributed by atoms with Crippen molar-refractivity contribution >= 4 is 10.0 Å². The van der Waals surface area contributed by atoms with E-state index in [1.165, 1.54) is 12.8 Å². The van der Waals surface area contributed by atoms with Gasteiger partial charge in [-0.2, -0.15) is 4.31 Å². The molecule has 2 aliphatic rings. The highest BCUT2D eigenvalue weighted by molar-refractivity contribution is 7.89. The molecule has 0 heterocycles. The summed E-state index contributed by atoms with van der Waals surface area (Å²) in [4.78, 5) is 0.465. The topological polar surface area (TPSA) is 49.4 Å². The van der Waals surface area contributed by atoms with Crippen LogP contribution in [-0.2, 0) is 16.6 Å². The average Bonchev–Trinajstić information content (AvgIpc) is 3.16. The third-order valence-electron chi connectivity index (χ3n) is 4.63. The Kier molecular flexibility index (Phi) is 4.33. The third kappa shape index (κ3) is 3.30. The fourth-order valence-electron chi connectivity index (χ4n) is 3.06. The van der Waals surface area contributed by atoms with Crippen molar-refractivity contribution in [3.8, 4) is 0 Å². The van der Waals surface area contributed by atoms with E-state index in [1.54, 1.807) is 17.4 Å². The molecule has 116 valence electrons. The van der Waals surface area contributed by atoms with Crippen molar-refractivity contribution in [2.45, 2.75) is 62.0 Å². The lowest BCUT2D eigenvalue weighted by molar-refractivity contribution is 0.372. The normalized spacial score (nSPS) is 20.3. The van der Waals surface area contributed by atoms with Gasteiger partial charge in [0, 0.05) is 25.7 Å². The molecule has 0 spiro atoms. The summed E-state index contributed by atoms with van der Waals surface area (Å²) < 4.78 is 27.4. The van der Waals surface area contributed by atoms with E-state index in [1.807, 2.05) is 18.2 Å². The van der Waals surface area contributed by atoms with Crippen LogP contribution in [-0.4, -0.2) is 31.9 Å². The summed E-state index contributed by atoms with van der Waals surface area (Å²) in [7, 11) is -1.65. The highest BCUT2D eigenvalue weighted by atomic mass is 32.2. The summed E-state index contributed by atoms with van der Waals surface area (Å²) in [5, 5.41) is 3.41. The number of rotatable bonds is 6. The van der Waals surface area contributed by atoms with Crippen molar-refractivity contribution in [1.29, 1.82) is 0 Å². The highest BCUT2D eigenvalue weighted by Gasteiger charge is 2.31. The first-order valence-corrected chi connectivity index (χ1v) is 9.32. The maximum Gasteiger partial charge on any atom is 0.243 e. The lowest BCUT2D eigenvalue weighted by atomic mass is 10.2. The van der Waals surface area contributed by atoms with Crippen LogP contribution < -0.4 is 5.32 Å². The van der Waals surface area contributed by atoms with E-state index in [0.717, 1.165) is 31.2 Å². The van der Waals surface area contributed by atoms with Gasteiger partial charge in [-0.1, -0.05) is 31.0 Å². The minimum Gasteiger partial charge on any atom is -0.310 e. The molecule has 0 atom stereocenters. The fourth-order valence-corrected chi connectivity index (χ4v) is 4.70. The summed E-state index contributed by atoms with van der Waals surface area (Å²) in [6, 6.07) is 8.14. The zero-order valence-electron chi connectivity index (χ0n) is 12.6. The van der Waals surface area contributed by atoms with E-state index in [2.05, 4.69) is 5.32 Å². The SMILES string of the molecule is CN(C1CCCC1)S(=O)(=O)c1ccccc1CNC1CC1. The molecule has 1 aromatic carbocycles. The van der Waals surface area contributed by atoms with Crippen LogP contribution in [0.3, 0.4) is 0 Å². The van der Waals surface area contributed by atoms with Gasteiger partial charge in [-0.05, 0) is 37.3 Å². The second-order valence-corrected chi connectivity index (χ2v) is 8.19. The Hall–Kier alpha value is -0.910. The third-order valence-corrected chi connectivity index (χ3v) is 6.64. The number of sulfonamides is 1. The van der Waals surface area contributed by atoms with Crippen molar-refractivity contribution in [3.63, 3.8) is 0 Å². The van der Waals surface area contributed by atoms with Crippen molar-refractivity contribution in [3.05, 3.63) is 29.8 Å². The Balaban J connectivity index is 1.82. The number of hydrogen-bond acceptors (Lipinski definition) is 3. The Morgan fingerprint density at radius 2 is 1.81 bits per heavy atom. The van der Waals surface area contributed by atoms with Crippen molar-refractivity contribution < 1.29 is 8.42 Å². The summed E-state index contributed by atoms with van der Waals surface area (Å²) in [6.45, 7) is 0.637. The van der Waals surface area contributed by atoms with Gasteiger partial charge in [0.25, 0.3) is 0 Å². The fraction of sp³-hybridized carbons (Fsp3) is 0.625. The van der Waals surface area contributed by atoms with E-state index >= 15 is 0 Å². The Morgan fingerprint density at radius 1 is 1.14 bits per heavy atom. The van der Waals surface area contributed by atoms with Gasteiger partial charge >= 0.3 is 0 Å². The van der Waals surface area contributed by atoms with Gasteiger partial charge in [0.1, 0.15) is 0 Å². The maximum absolute atomic E-state index is 12.9. The zero-order valence-corrected chi connectivity index (χ0v) is 13.4. The van der Waals surface area contributed by atoms with Crippen LogP contribution >= 0.6 is 0 Å². The minimum atomic E-state index is -3.39. The van der Waals surface area contributed by atoms with Crippen LogP contribution in [0.1, 0.15) is 44.1 Å². The van der Waals surface area contributed by atoms with E-state index in [0.29, 0.717) is 17.5 Å². The minimum absolute atomic E-state index is 0.166. The summed E-state index contributed by atoms with van der Waals surface area (Å²) in [5.74, 6) is 0. The molecule has 1 N–H and O–H groups in total. The average molecular weight is 308 g/mol. The van der Waals surface area contributed by atoms with Gasteiger partial charge in [0.05, 0.1) is 4.90 Å². The van der Waals surface area contributed by atoms with Crippen molar-refractivity contribution in [2.75, 3.05) is 7.05 Å². The zero-order chi connectivity index (χ0) is 14.9. The molecule has 0 amide bonds. The molecule has 0 bridgehead atoms. The van der Waals surface area contributed by atoms with E-state index < -0.39 is 10.0 Å². The quantitative estimate of drug-likeness (QED) is 0.878. The summed E-state index contributed by atoms with van der Waals surface area (Å²) >= 11 is 0. The predicted octanol–water partition coefficient (Wildman–Crippen LogP) is 2.50. The number of benzene rings is 1. The smallest absolute Gasteiger partial charge is 0.243 e. The van der Waals surface area contributed by atoms with Gasteiger partial charge in [0.15, 0.2) is 0 Å². The second-order valence-electron chi connectivity index (χ2n) is 6.22. The molecule has 5 heteroatoms. The molecule has 2 fully saturated rings. The molecule has 0 saturated heterocycles. The molecular weight excluding hydrogens is 284 g/mol. The van der Waals surface area contributed by atoms with E-state index in [-0.39, 0.29) is 6.04 Å². The molecule has 21 heavy (non-hydrogen) atoms. The van der Waals surface area contributed by atoms with Gasteiger partial charge in [-0.3, -0.25) is 0 Å². The van der Waals surface area contributed by atoms with Gasteiger partial charge in [0.2, 0.25) is 10.0 Å². The Morgan fingerprint density at radius 3 is 2.48 bits per heavy atom. The maximum atomic E-state index is 12.9. The molecule has 4 nitrogen and oxygen atoms in total. The number of nitrogens with zero attached hydrogens (tertiary/aromatic N) is 1. The van der Waals surface area contributed by atoms with E-state index in [9.17, 15) is 8.42 Å². The lowest BCUT2D eigenvalue weighted by Crippen LogP contribution is -2.36. The highest BCUT2D eigenvalue weighted by Crippen LogP contribution is 2.29. The van der Waals surface area contributed by atoms with Crippen LogP contribution in [0.2, 0.25) is 0 Å². The van der Waals surface area contributed by atoms with Crippen LogP contribution in [0.5, 0.6) is 0 Å². The number of hydrogen-bond donors (Lipinski definition) is 1. The molecule has 0 aliphatic heterocycles. The van der Waals surface area contributed by atoms with Gasteiger partial charge in [-0.15, -0.1) is 0 Å². The second kappa shape index (κ2) is 6.07. The first kappa shape index (κ1) is 15.0. The monoisotopic (exact) mass is 308 g/mol. The van der Waals surface area contributed by atoms with Crippen LogP contribution in [0.4, 0.5) is 0 Å². The van der Waals surface area contributed by atoms with Crippen molar-refractivity contribution in [1.82, 2.24) is 9.62 Å². The summed E-state index contributed by atoms with van der Waals surface area (Å²) in [6.07, 6.45) is 6.65. The molecule has 1 aromatic rings. The molecular formula is C16H24N2O2S. The summed E-state index contributed by atoms with van der Waals surface area (Å²) in [5.41, 5.74) is 0.884. The standard InChI is InChI=1S/C16H24N2O2S/c1-18(15-7-3-4-8-15)21(19,20)16-9-5-2-6-13(16)12-17-14-10-11-14/h2,5-6,9,14-15,17H,3-4,7-8,10-12H2,1H3. The largest absolute Gasteiger partial charge is 0.310 e. The molecule has 3 rings (SSSR count). The van der Waals surface area contributed by atoms with Gasteiger partial charge < -0.3 is 5.32 Å². The van der Waals surface area contributed by atoms with E-state index in [4.69, 9.17) is 0 Å². The van der Waals surface area contributed by atoms with Crippen LogP contribution in [0.25, 0.3) is 0 Å². The molecule has 0 radical (unpaired) electrons.